The Morgan fingerprint density at radius 1 is 1.12 bits per heavy atom. The molecule has 2 aromatic heterocycles. The smallest absolute Gasteiger partial charge is 0.246 e. The summed E-state index contributed by atoms with van der Waals surface area (Å²) in [5.74, 6) is 1.28. The van der Waals surface area contributed by atoms with Gasteiger partial charge in [0.25, 0.3) is 0 Å². The van der Waals surface area contributed by atoms with Crippen molar-refractivity contribution in [1.82, 2.24) is 19.7 Å². The molecule has 1 aliphatic heterocycles. The highest BCUT2D eigenvalue weighted by atomic mass is 16.5. The molecule has 0 N–H and O–H groups in total. The van der Waals surface area contributed by atoms with Crippen LogP contribution in [0.25, 0.3) is 0 Å². The Kier molecular flexibility index (Phi) is 4.73. The molecule has 8 heteroatoms. The van der Waals surface area contributed by atoms with Crippen LogP contribution in [0.15, 0.2) is 24.8 Å². The molecule has 1 aliphatic carbocycles. The number of ether oxygens (including phenoxy) is 1. The molecule has 0 aromatic carbocycles. The van der Waals surface area contributed by atoms with Gasteiger partial charge >= 0.3 is 0 Å². The van der Waals surface area contributed by atoms with Crippen molar-refractivity contribution in [3.8, 4) is 5.88 Å². The Bertz CT molecular complexity index is 771. The van der Waals surface area contributed by atoms with Crippen molar-refractivity contribution in [1.29, 1.82) is 0 Å². The van der Waals surface area contributed by atoms with E-state index in [1.165, 1.54) is 19.3 Å². The van der Waals surface area contributed by atoms with Gasteiger partial charge in [0, 0.05) is 26.3 Å². The van der Waals surface area contributed by atoms with Crippen molar-refractivity contribution in [2.45, 2.75) is 38.2 Å². The zero-order chi connectivity index (χ0) is 17.9. The van der Waals surface area contributed by atoms with Gasteiger partial charge in [-0.1, -0.05) is 6.42 Å². The first kappa shape index (κ1) is 16.8. The predicted molar refractivity (Wildman–Crippen MR) is 97.3 cm³/mol. The number of carbonyl (C=O) groups excluding carboxylic acids is 1. The molecule has 2 aromatic rings. The Morgan fingerprint density at radius 2 is 1.96 bits per heavy atom. The van der Waals surface area contributed by atoms with E-state index in [9.17, 15) is 4.79 Å². The molecule has 3 heterocycles. The number of hydrogen-bond acceptors (Lipinski definition) is 6. The summed E-state index contributed by atoms with van der Waals surface area (Å²) >= 11 is 0. The molecule has 0 atom stereocenters. The topological polar surface area (TPSA) is 76.4 Å². The number of aryl methyl sites for hydroxylation is 1. The Balaban J connectivity index is 1.42. The first-order chi connectivity index (χ1) is 12.7. The Morgan fingerprint density at radius 3 is 2.69 bits per heavy atom. The van der Waals surface area contributed by atoms with Crippen molar-refractivity contribution in [2.24, 2.45) is 7.05 Å². The van der Waals surface area contributed by atoms with E-state index in [0.717, 1.165) is 18.5 Å². The lowest BCUT2D eigenvalue weighted by molar-refractivity contribution is -0.117. The van der Waals surface area contributed by atoms with Crippen LogP contribution in [0.2, 0.25) is 0 Å². The van der Waals surface area contributed by atoms with Crippen LogP contribution in [0.5, 0.6) is 5.88 Å². The van der Waals surface area contributed by atoms with Gasteiger partial charge in [-0.15, -0.1) is 0 Å². The van der Waals surface area contributed by atoms with Crippen molar-refractivity contribution < 1.29 is 9.53 Å². The van der Waals surface area contributed by atoms with Gasteiger partial charge in [-0.25, -0.2) is 0 Å². The molecule has 138 valence electrons. The molecule has 2 aliphatic rings. The SMILES string of the molecule is Cn1cc(N2CCN(c3cncc(OC4CCCCC4)n3)CC2=O)cn1. The summed E-state index contributed by atoms with van der Waals surface area (Å²) in [5, 5.41) is 4.14. The van der Waals surface area contributed by atoms with Crippen LogP contribution in [-0.4, -0.2) is 51.4 Å². The van der Waals surface area contributed by atoms with E-state index >= 15 is 0 Å². The quantitative estimate of drug-likeness (QED) is 0.831. The number of nitrogens with zero attached hydrogens (tertiary/aromatic N) is 6. The third-order valence-corrected chi connectivity index (χ3v) is 4.99. The minimum absolute atomic E-state index is 0.0321. The lowest BCUT2D eigenvalue weighted by Gasteiger charge is -2.34. The largest absolute Gasteiger partial charge is 0.473 e. The van der Waals surface area contributed by atoms with E-state index < -0.39 is 0 Å². The molecule has 1 amide bonds. The summed E-state index contributed by atoms with van der Waals surface area (Å²) in [5.41, 5.74) is 0.831. The van der Waals surface area contributed by atoms with Gasteiger partial charge in [0.15, 0.2) is 5.82 Å². The summed E-state index contributed by atoms with van der Waals surface area (Å²) in [6, 6.07) is 0. The fraction of sp³-hybridized carbons (Fsp3) is 0.556. The summed E-state index contributed by atoms with van der Waals surface area (Å²) in [4.78, 5) is 25.1. The standard InChI is InChI=1S/C18H24N6O2/c1-22-12-14(9-20-22)24-8-7-23(13-18(24)25)16-10-19-11-17(21-16)26-15-5-3-2-4-6-15/h9-12,15H,2-8,13H2,1H3. The third kappa shape index (κ3) is 3.63. The number of piperazine rings is 1. The number of hydrogen-bond donors (Lipinski definition) is 0. The maximum Gasteiger partial charge on any atom is 0.246 e. The van der Waals surface area contributed by atoms with Crippen molar-refractivity contribution in [2.75, 3.05) is 29.4 Å². The van der Waals surface area contributed by atoms with Crippen molar-refractivity contribution >= 4 is 17.4 Å². The minimum atomic E-state index is 0.0321. The van der Waals surface area contributed by atoms with Gasteiger partial charge in [-0.2, -0.15) is 10.1 Å². The van der Waals surface area contributed by atoms with Gasteiger partial charge in [0.1, 0.15) is 6.10 Å². The highest BCUT2D eigenvalue weighted by Gasteiger charge is 2.27. The number of rotatable bonds is 4. The van der Waals surface area contributed by atoms with Gasteiger partial charge in [0.2, 0.25) is 11.8 Å². The number of carbonyl (C=O) groups is 1. The molecule has 26 heavy (non-hydrogen) atoms. The Hall–Kier alpha value is -2.64. The van der Waals surface area contributed by atoms with Gasteiger partial charge in [0.05, 0.1) is 30.8 Å². The summed E-state index contributed by atoms with van der Waals surface area (Å²) in [6.07, 6.45) is 13.0. The maximum atomic E-state index is 12.6. The summed E-state index contributed by atoms with van der Waals surface area (Å²) in [7, 11) is 1.84. The summed E-state index contributed by atoms with van der Waals surface area (Å²) < 4.78 is 7.70. The molecule has 2 fully saturated rings. The number of anilines is 2. The van der Waals surface area contributed by atoms with E-state index in [-0.39, 0.29) is 18.6 Å². The normalized spacial score (nSPS) is 19.0. The van der Waals surface area contributed by atoms with Crippen molar-refractivity contribution in [3.05, 3.63) is 24.8 Å². The van der Waals surface area contributed by atoms with E-state index in [4.69, 9.17) is 4.74 Å². The van der Waals surface area contributed by atoms with Crippen LogP contribution in [-0.2, 0) is 11.8 Å². The molecular weight excluding hydrogens is 332 g/mol. The average molecular weight is 356 g/mol. The minimum Gasteiger partial charge on any atom is -0.473 e. The first-order valence-corrected chi connectivity index (χ1v) is 9.22. The van der Waals surface area contributed by atoms with Crippen LogP contribution < -0.4 is 14.5 Å². The summed E-state index contributed by atoms with van der Waals surface area (Å²) in [6.45, 7) is 1.57. The fourth-order valence-corrected chi connectivity index (χ4v) is 3.59. The van der Waals surface area contributed by atoms with Crippen LogP contribution in [0.4, 0.5) is 11.5 Å². The molecule has 0 bridgehead atoms. The maximum absolute atomic E-state index is 12.6. The highest BCUT2D eigenvalue weighted by molar-refractivity contribution is 5.97. The molecule has 8 nitrogen and oxygen atoms in total. The van der Waals surface area contributed by atoms with E-state index in [1.54, 1.807) is 28.2 Å². The second-order valence-electron chi connectivity index (χ2n) is 6.93. The van der Waals surface area contributed by atoms with E-state index in [0.29, 0.717) is 24.8 Å². The molecule has 4 rings (SSSR count). The fourth-order valence-electron chi connectivity index (χ4n) is 3.59. The Labute approximate surface area is 152 Å². The van der Waals surface area contributed by atoms with E-state index in [2.05, 4.69) is 15.1 Å². The van der Waals surface area contributed by atoms with E-state index in [1.807, 2.05) is 18.1 Å². The molecule has 0 unspecified atom stereocenters. The average Bonchev–Trinajstić information content (AvgIpc) is 3.09. The molecule has 1 saturated heterocycles. The third-order valence-electron chi connectivity index (χ3n) is 4.99. The molecule has 1 saturated carbocycles. The second-order valence-corrected chi connectivity index (χ2v) is 6.93. The van der Waals surface area contributed by atoms with Crippen LogP contribution >= 0.6 is 0 Å². The van der Waals surface area contributed by atoms with Gasteiger partial charge < -0.3 is 14.5 Å². The number of amides is 1. The van der Waals surface area contributed by atoms with Crippen LogP contribution in [0.3, 0.4) is 0 Å². The monoisotopic (exact) mass is 356 g/mol. The molecular formula is C18H24N6O2. The second kappa shape index (κ2) is 7.31. The molecule has 0 spiro atoms. The highest BCUT2D eigenvalue weighted by Crippen LogP contribution is 2.24. The number of aromatic nitrogens is 4. The first-order valence-electron chi connectivity index (χ1n) is 9.22. The van der Waals surface area contributed by atoms with Gasteiger partial charge in [-0.3, -0.25) is 14.5 Å². The lowest BCUT2D eigenvalue weighted by Crippen LogP contribution is -2.50. The van der Waals surface area contributed by atoms with Crippen LogP contribution in [0.1, 0.15) is 32.1 Å². The zero-order valence-electron chi connectivity index (χ0n) is 15.0. The van der Waals surface area contributed by atoms with Crippen LogP contribution in [0, 0.1) is 0 Å². The van der Waals surface area contributed by atoms with Crippen molar-refractivity contribution in [3.63, 3.8) is 0 Å². The lowest BCUT2D eigenvalue weighted by atomic mass is 9.98. The van der Waals surface area contributed by atoms with Gasteiger partial charge in [-0.05, 0) is 25.7 Å². The zero-order valence-corrected chi connectivity index (χ0v) is 15.0. The predicted octanol–water partition coefficient (Wildman–Crippen LogP) is 1.77. The molecule has 0 radical (unpaired) electrons.